The monoisotopic (exact) mass is 328 g/mol. The number of anilines is 1. The Morgan fingerprint density at radius 1 is 1.29 bits per heavy atom. The van der Waals surface area contributed by atoms with E-state index in [1.807, 2.05) is 12.1 Å². The largest absolute Gasteiger partial charge is 0.367 e. The number of halogens is 2. The van der Waals surface area contributed by atoms with Crippen molar-refractivity contribution in [1.82, 2.24) is 19.6 Å². The second kappa shape index (κ2) is 5.33. The summed E-state index contributed by atoms with van der Waals surface area (Å²) in [6.45, 7) is 1.76. The fourth-order valence-electron chi connectivity index (χ4n) is 3.08. The van der Waals surface area contributed by atoms with Crippen LogP contribution in [0.25, 0.3) is 16.6 Å². The van der Waals surface area contributed by atoms with Gasteiger partial charge in [-0.05, 0) is 19.1 Å². The zero-order chi connectivity index (χ0) is 16.8. The first-order valence-corrected chi connectivity index (χ1v) is 7.46. The van der Waals surface area contributed by atoms with Crippen LogP contribution in [0.4, 0.5) is 20.5 Å². The lowest BCUT2D eigenvalue weighted by Gasteiger charge is -2.12. The molecule has 0 saturated carbocycles. The van der Waals surface area contributed by atoms with E-state index in [0.717, 1.165) is 22.2 Å². The Bertz CT molecular complexity index is 962. The average molecular weight is 328 g/mol. The van der Waals surface area contributed by atoms with E-state index in [4.69, 9.17) is 5.73 Å². The van der Waals surface area contributed by atoms with Crippen LogP contribution in [0.1, 0.15) is 24.8 Å². The van der Waals surface area contributed by atoms with Crippen LogP contribution < -0.4 is 5.73 Å². The molecule has 4 rings (SSSR count). The van der Waals surface area contributed by atoms with Crippen LogP contribution >= 0.6 is 0 Å². The normalized spacial score (nSPS) is 16.7. The van der Waals surface area contributed by atoms with Crippen molar-refractivity contribution in [3.8, 4) is 11.1 Å². The Hall–Kier alpha value is -2.90. The summed E-state index contributed by atoms with van der Waals surface area (Å²) in [5.41, 5.74) is 9.45. The van der Waals surface area contributed by atoms with Crippen LogP contribution in [0.2, 0.25) is 0 Å². The molecule has 0 aliphatic carbocycles. The van der Waals surface area contributed by atoms with Gasteiger partial charge in [-0.25, -0.2) is 28.3 Å². The van der Waals surface area contributed by atoms with Crippen molar-refractivity contribution >= 4 is 23.0 Å². The topological polar surface area (TPSA) is 81.5 Å². The lowest BCUT2D eigenvalue weighted by Crippen LogP contribution is -2.09. The molecule has 1 aliphatic rings. The van der Waals surface area contributed by atoms with Crippen LogP contribution in [-0.2, 0) is 0 Å². The highest BCUT2D eigenvalue weighted by Gasteiger charge is 2.28. The number of nitrogens with zero attached hydrogens (tertiary/aromatic N) is 5. The van der Waals surface area contributed by atoms with Gasteiger partial charge in [0, 0.05) is 47.1 Å². The number of nitrogens with two attached hydrogens (primary N) is 1. The van der Waals surface area contributed by atoms with Crippen molar-refractivity contribution < 1.29 is 8.78 Å². The fourth-order valence-corrected chi connectivity index (χ4v) is 3.08. The number of nitrogen functional groups attached to an aromatic ring is 1. The molecule has 6 nitrogen and oxygen atoms in total. The summed E-state index contributed by atoms with van der Waals surface area (Å²) in [4.78, 5) is 12.7. The molecule has 8 heteroatoms. The third-order valence-corrected chi connectivity index (χ3v) is 4.22. The first-order chi connectivity index (χ1) is 11.5. The molecule has 0 saturated heterocycles. The molecule has 1 aliphatic heterocycles. The van der Waals surface area contributed by atoms with Gasteiger partial charge < -0.3 is 5.73 Å². The predicted octanol–water partition coefficient (Wildman–Crippen LogP) is 3.22. The van der Waals surface area contributed by atoms with Crippen molar-refractivity contribution in [3.63, 3.8) is 0 Å². The quantitative estimate of drug-likeness (QED) is 0.800. The lowest BCUT2D eigenvalue weighted by molar-refractivity contribution is 0.135. The Balaban J connectivity index is 1.80. The zero-order valence-electron chi connectivity index (χ0n) is 12.8. The summed E-state index contributed by atoms with van der Waals surface area (Å²) in [6.07, 6.45) is 2.45. The third-order valence-electron chi connectivity index (χ3n) is 4.22. The van der Waals surface area contributed by atoms with Gasteiger partial charge in [0.05, 0.1) is 11.7 Å². The summed E-state index contributed by atoms with van der Waals surface area (Å²) < 4.78 is 27.4. The van der Waals surface area contributed by atoms with E-state index in [9.17, 15) is 8.78 Å². The highest BCUT2D eigenvalue weighted by molar-refractivity contribution is 5.96. The highest BCUT2D eigenvalue weighted by atomic mass is 19.3. The summed E-state index contributed by atoms with van der Waals surface area (Å²) in [6, 6.07) is 3.75. The molecular weight excluding hydrogens is 314 g/mol. The maximum absolute atomic E-state index is 12.9. The number of pyridine rings is 1. The first kappa shape index (κ1) is 14.7. The molecule has 24 heavy (non-hydrogen) atoms. The number of rotatable bonds is 3. The van der Waals surface area contributed by atoms with Gasteiger partial charge in [0.1, 0.15) is 0 Å². The Morgan fingerprint density at radius 2 is 2.12 bits per heavy atom. The molecule has 0 fully saturated rings. The molecule has 2 N–H and O–H groups in total. The van der Waals surface area contributed by atoms with Crippen LogP contribution in [0, 0.1) is 0 Å². The third kappa shape index (κ3) is 2.31. The molecule has 0 aromatic carbocycles. The van der Waals surface area contributed by atoms with Crippen LogP contribution in [0.5, 0.6) is 0 Å². The molecule has 3 aromatic heterocycles. The van der Waals surface area contributed by atoms with E-state index < -0.39 is 12.3 Å². The molecule has 0 bridgehead atoms. The smallest absolute Gasteiger partial charge is 0.239 e. The maximum Gasteiger partial charge on any atom is 0.239 e. The van der Waals surface area contributed by atoms with Crippen LogP contribution in [0.15, 0.2) is 35.7 Å². The van der Waals surface area contributed by atoms with Gasteiger partial charge in [0.25, 0.3) is 0 Å². The van der Waals surface area contributed by atoms with E-state index >= 15 is 0 Å². The van der Waals surface area contributed by atoms with Gasteiger partial charge in [-0.15, -0.1) is 5.10 Å². The maximum atomic E-state index is 12.9. The summed E-state index contributed by atoms with van der Waals surface area (Å²) >= 11 is 0. The number of aromatic nitrogens is 4. The van der Waals surface area contributed by atoms with Crippen molar-refractivity contribution in [3.05, 3.63) is 36.3 Å². The van der Waals surface area contributed by atoms with E-state index in [1.165, 1.54) is 0 Å². The molecule has 3 aromatic rings. The molecule has 4 heterocycles. The Morgan fingerprint density at radius 3 is 2.92 bits per heavy atom. The van der Waals surface area contributed by atoms with Gasteiger partial charge in [0.2, 0.25) is 12.4 Å². The fraction of sp³-hybridized carbons (Fsp3) is 0.250. The van der Waals surface area contributed by atoms with Crippen molar-refractivity contribution in [2.75, 3.05) is 5.73 Å². The van der Waals surface area contributed by atoms with E-state index in [0.29, 0.717) is 11.5 Å². The van der Waals surface area contributed by atoms with Gasteiger partial charge in [0.15, 0.2) is 5.82 Å². The predicted molar refractivity (Wildman–Crippen MR) is 86.8 cm³/mol. The molecule has 1 unspecified atom stereocenters. The number of fused-ring (bicyclic) bond motifs is 2. The number of aliphatic imine (C=N–C) groups is 1. The molecular formula is C16H14F2N6. The highest BCUT2D eigenvalue weighted by Crippen LogP contribution is 2.39. The lowest BCUT2D eigenvalue weighted by atomic mass is 9.93. The molecule has 1 atom stereocenters. The standard InChI is InChI=1S/C16H14F2N6/c1-8-11(5-14(17)18)12-4-9(6-20-15(12)22-8)10-2-3-24-13(10)7-21-16(19)23-24/h2-4,6-7,11,14H,5H2,1H3,(H2,19,23). The average Bonchev–Trinajstić information content (AvgIpc) is 3.08. The first-order valence-electron chi connectivity index (χ1n) is 7.46. The molecule has 0 amide bonds. The van der Waals surface area contributed by atoms with Gasteiger partial charge >= 0.3 is 0 Å². The van der Waals surface area contributed by atoms with Gasteiger partial charge in [-0.1, -0.05) is 0 Å². The number of hydrogen-bond donors (Lipinski definition) is 1. The van der Waals surface area contributed by atoms with E-state index in [-0.39, 0.29) is 12.4 Å². The van der Waals surface area contributed by atoms with Crippen LogP contribution in [0.3, 0.4) is 0 Å². The van der Waals surface area contributed by atoms with Gasteiger partial charge in [-0.3, -0.25) is 0 Å². The summed E-state index contributed by atoms with van der Waals surface area (Å²) in [5, 5.41) is 4.10. The zero-order valence-corrected chi connectivity index (χ0v) is 12.8. The molecule has 122 valence electrons. The minimum atomic E-state index is -2.39. The Labute approximate surface area is 136 Å². The minimum Gasteiger partial charge on any atom is -0.367 e. The second-order valence-corrected chi connectivity index (χ2v) is 5.75. The molecule has 0 radical (unpaired) electrons. The van der Waals surface area contributed by atoms with Crippen molar-refractivity contribution in [2.45, 2.75) is 25.7 Å². The summed E-state index contributed by atoms with van der Waals surface area (Å²) in [7, 11) is 0. The summed E-state index contributed by atoms with van der Waals surface area (Å²) in [5.74, 6) is 0.303. The van der Waals surface area contributed by atoms with Crippen molar-refractivity contribution in [2.24, 2.45) is 4.99 Å². The second-order valence-electron chi connectivity index (χ2n) is 5.75. The van der Waals surface area contributed by atoms with E-state index in [1.54, 1.807) is 30.0 Å². The number of alkyl halides is 2. The number of hydrogen-bond acceptors (Lipinski definition) is 5. The van der Waals surface area contributed by atoms with Gasteiger partial charge in [-0.2, -0.15) is 0 Å². The SMILES string of the molecule is CC1=Nc2ncc(-c3ccn4nc(N)ncc34)cc2C1CC(F)F. The minimum absolute atomic E-state index is 0.178. The van der Waals surface area contributed by atoms with E-state index in [2.05, 4.69) is 20.1 Å². The van der Waals surface area contributed by atoms with Crippen molar-refractivity contribution in [1.29, 1.82) is 0 Å². The van der Waals surface area contributed by atoms with Crippen LogP contribution in [-0.4, -0.2) is 31.7 Å². The molecule has 0 spiro atoms. The Kier molecular flexibility index (Phi) is 3.26.